The second-order valence-corrected chi connectivity index (χ2v) is 14.8. The van der Waals surface area contributed by atoms with E-state index in [0.29, 0.717) is 18.9 Å². The molecule has 2 aliphatic rings. The number of imidazole rings is 2. The van der Waals surface area contributed by atoms with Crippen LogP contribution in [0.3, 0.4) is 0 Å². The number of amides is 4. The summed E-state index contributed by atoms with van der Waals surface area (Å²) in [7, 11) is 2.73. The number of nitrogens with one attached hydrogen (secondary N) is 3. The number of aromatic nitrogens is 4. The average Bonchev–Trinajstić information content (AvgIpc) is 4.00. The number of methoxy groups -OCH3 is 1. The molecule has 4 heterocycles. The van der Waals surface area contributed by atoms with E-state index in [1.54, 1.807) is 22.2 Å². The fourth-order valence-electron chi connectivity index (χ4n) is 7.68. The number of carbonyl (C=O) groups is 4. The summed E-state index contributed by atoms with van der Waals surface area (Å²) in [6.07, 6.45) is 5.02. The Kier molecular flexibility index (Phi) is 11.4. The largest absolute Gasteiger partial charge is 0.465 e. The summed E-state index contributed by atoms with van der Waals surface area (Å²) in [5.74, 6) is 0.793. The highest BCUT2D eigenvalue weighted by atomic mass is 16.5. The molecule has 0 aliphatic carbocycles. The highest BCUT2D eigenvalue weighted by Crippen LogP contribution is 2.35. The number of benzene rings is 2. The molecule has 14 heteroatoms. The van der Waals surface area contributed by atoms with Crippen molar-refractivity contribution in [3.63, 3.8) is 0 Å². The van der Waals surface area contributed by atoms with Gasteiger partial charge >= 0.3 is 12.2 Å². The van der Waals surface area contributed by atoms with E-state index in [2.05, 4.69) is 49.5 Å². The predicted molar refractivity (Wildman–Crippen MR) is 203 cm³/mol. The van der Waals surface area contributed by atoms with Gasteiger partial charge in [-0.15, -0.1) is 0 Å². The van der Waals surface area contributed by atoms with Crippen molar-refractivity contribution in [2.75, 3.05) is 27.2 Å². The van der Waals surface area contributed by atoms with E-state index in [1.165, 1.54) is 14.2 Å². The van der Waals surface area contributed by atoms with Crippen LogP contribution in [0.25, 0.3) is 33.6 Å². The molecule has 14 nitrogen and oxygen atoms in total. The maximum Gasteiger partial charge on any atom is 0.407 e. The van der Waals surface area contributed by atoms with Gasteiger partial charge in [0.1, 0.15) is 23.7 Å². The second-order valence-electron chi connectivity index (χ2n) is 14.8. The van der Waals surface area contributed by atoms with Gasteiger partial charge in [0.15, 0.2) is 0 Å². The van der Waals surface area contributed by atoms with Crippen molar-refractivity contribution in [2.24, 2.45) is 11.8 Å². The van der Waals surface area contributed by atoms with Gasteiger partial charge in [-0.3, -0.25) is 14.5 Å². The van der Waals surface area contributed by atoms with Gasteiger partial charge in [0.2, 0.25) is 11.8 Å². The normalized spacial score (nSPS) is 18.2. The van der Waals surface area contributed by atoms with Crippen molar-refractivity contribution in [1.82, 2.24) is 40.0 Å². The number of likely N-dealkylation sites (N-methyl/N-ethyl adjacent to an activating group) is 1. The van der Waals surface area contributed by atoms with Crippen LogP contribution in [0.2, 0.25) is 0 Å². The zero-order valence-electron chi connectivity index (χ0n) is 31.7. The van der Waals surface area contributed by atoms with Gasteiger partial charge in [-0.25, -0.2) is 19.6 Å². The minimum atomic E-state index is -1.13. The smallest absolute Gasteiger partial charge is 0.407 e. The zero-order valence-corrected chi connectivity index (χ0v) is 31.7. The molecule has 0 bridgehead atoms. The van der Waals surface area contributed by atoms with E-state index in [0.717, 1.165) is 70.0 Å². The molecular weight excluding hydrogens is 688 g/mol. The van der Waals surface area contributed by atoms with Crippen LogP contribution in [-0.4, -0.2) is 103 Å². The van der Waals surface area contributed by atoms with Gasteiger partial charge in [0.05, 0.1) is 43.0 Å². The number of aromatic amines is 2. The van der Waals surface area contributed by atoms with Crippen LogP contribution in [0.5, 0.6) is 0 Å². The van der Waals surface area contributed by atoms with Crippen LogP contribution in [0.15, 0.2) is 60.9 Å². The quantitative estimate of drug-likeness (QED) is 0.135. The average molecular weight is 739 g/mol. The molecule has 2 aromatic heterocycles. The zero-order chi connectivity index (χ0) is 38.7. The molecular formula is C40H50N8O6. The topological polar surface area (TPSA) is 177 Å². The Balaban J connectivity index is 1.11. The number of rotatable bonds is 11. The van der Waals surface area contributed by atoms with Crippen molar-refractivity contribution in [3.05, 3.63) is 72.6 Å². The lowest BCUT2D eigenvalue weighted by Crippen LogP contribution is -2.51. The Bertz CT molecular complexity index is 1950. The first-order valence-corrected chi connectivity index (χ1v) is 18.6. The molecule has 4 atom stereocenters. The number of carbonyl (C=O) groups excluding carboxylic acids is 3. The lowest BCUT2D eigenvalue weighted by molar-refractivity contribution is -0.138. The maximum absolute atomic E-state index is 13.6. The van der Waals surface area contributed by atoms with E-state index in [4.69, 9.17) is 4.74 Å². The van der Waals surface area contributed by atoms with Gasteiger partial charge < -0.3 is 34.9 Å². The molecule has 0 saturated carbocycles. The summed E-state index contributed by atoms with van der Waals surface area (Å²) in [5, 5.41) is 12.3. The van der Waals surface area contributed by atoms with E-state index in [-0.39, 0.29) is 35.7 Å². The summed E-state index contributed by atoms with van der Waals surface area (Å²) >= 11 is 0. The number of ether oxygens (including phenoxy) is 1. The van der Waals surface area contributed by atoms with Crippen LogP contribution in [-0.2, 0) is 14.3 Å². The lowest BCUT2D eigenvalue weighted by Gasteiger charge is -2.33. The van der Waals surface area contributed by atoms with Crippen LogP contribution < -0.4 is 5.32 Å². The second kappa shape index (κ2) is 16.1. The van der Waals surface area contributed by atoms with Crippen LogP contribution >= 0.6 is 0 Å². The van der Waals surface area contributed by atoms with Crippen LogP contribution in [0.1, 0.15) is 77.1 Å². The van der Waals surface area contributed by atoms with E-state index >= 15 is 0 Å². The molecule has 2 aromatic carbocycles. The summed E-state index contributed by atoms with van der Waals surface area (Å²) in [6, 6.07) is 14.5. The third-order valence-electron chi connectivity index (χ3n) is 10.6. The van der Waals surface area contributed by atoms with E-state index < -0.39 is 24.3 Å². The summed E-state index contributed by atoms with van der Waals surface area (Å²) in [5.41, 5.74) is 5.71. The Morgan fingerprint density at radius 3 is 1.61 bits per heavy atom. The maximum atomic E-state index is 13.6. The van der Waals surface area contributed by atoms with Gasteiger partial charge in [-0.2, -0.15) is 0 Å². The molecule has 2 fully saturated rings. The monoisotopic (exact) mass is 738 g/mol. The van der Waals surface area contributed by atoms with E-state index in [9.17, 15) is 24.3 Å². The van der Waals surface area contributed by atoms with Crippen molar-refractivity contribution in [2.45, 2.75) is 77.5 Å². The van der Waals surface area contributed by atoms with Crippen molar-refractivity contribution in [1.29, 1.82) is 0 Å². The number of alkyl carbamates (subject to hydrolysis) is 1. The minimum Gasteiger partial charge on any atom is -0.465 e. The molecule has 0 radical (unpaired) electrons. The van der Waals surface area contributed by atoms with Crippen molar-refractivity contribution >= 4 is 24.0 Å². The molecule has 0 spiro atoms. The van der Waals surface area contributed by atoms with Crippen LogP contribution in [0.4, 0.5) is 9.59 Å². The SMILES string of the molecule is COC(=O)N[C@H](C(=O)N1CCCC1c1ncc(-c2ccc(-c3ccc(-c4cnc([C@@H]5CCCN5C(=O)[C@@H](C(C)C)N(C)C(=O)O)[nH]4)cc3)cc2)[nH]1)C(C)C. The number of carboxylic acid groups (broad SMARTS) is 1. The first-order valence-electron chi connectivity index (χ1n) is 18.6. The van der Waals surface area contributed by atoms with Crippen LogP contribution in [0, 0.1) is 11.8 Å². The molecule has 1 unspecified atom stereocenters. The summed E-state index contributed by atoms with van der Waals surface area (Å²) < 4.78 is 4.75. The molecule has 4 aromatic rings. The Hall–Kier alpha value is -5.66. The fourth-order valence-corrected chi connectivity index (χ4v) is 7.68. The van der Waals surface area contributed by atoms with Gasteiger partial charge in [-0.1, -0.05) is 76.2 Å². The summed E-state index contributed by atoms with van der Waals surface area (Å²) in [4.78, 5) is 71.6. The van der Waals surface area contributed by atoms with Crippen molar-refractivity contribution < 1.29 is 29.0 Å². The Morgan fingerprint density at radius 1 is 0.759 bits per heavy atom. The summed E-state index contributed by atoms with van der Waals surface area (Å²) in [6.45, 7) is 8.66. The third-order valence-corrected chi connectivity index (χ3v) is 10.6. The highest BCUT2D eigenvalue weighted by Gasteiger charge is 2.40. The van der Waals surface area contributed by atoms with E-state index in [1.807, 2.05) is 52.0 Å². The predicted octanol–water partition coefficient (Wildman–Crippen LogP) is 6.48. The standard InChI is InChI=1S/C40H50N8O6/c1-23(2)33(45-39(51)54-6)37(49)47-19-7-9-31(47)35-41-21-29(43-35)27-15-11-25(12-16-27)26-13-17-28(18-14-26)30-22-42-36(44-30)32-10-8-20-48(32)38(50)34(24(3)4)46(5)40(52)53/h11-18,21-24,31-34H,7-10,19-20H2,1-6H3,(H,41,43)(H,42,44)(H,45,51)(H,52,53)/t31?,32-,33-,34+/m0/s1. The first-order chi connectivity index (χ1) is 25.9. The fraction of sp³-hybridized carbons (Fsp3) is 0.450. The Labute approximate surface area is 315 Å². The number of nitrogens with zero attached hydrogens (tertiary/aromatic N) is 5. The number of hydrogen-bond donors (Lipinski definition) is 4. The molecule has 4 N–H and O–H groups in total. The van der Waals surface area contributed by atoms with Gasteiger partial charge in [-0.05, 0) is 59.8 Å². The van der Waals surface area contributed by atoms with Gasteiger partial charge in [0.25, 0.3) is 0 Å². The molecule has 4 amide bonds. The first kappa shape index (κ1) is 38.1. The molecule has 2 aliphatic heterocycles. The van der Waals surface area contributed by atoms with Gasteiger partial charge in [0, 0.05) is 20.1 Å². The molecule has 2 saturated heterocycles. The number of H-pyrrole nitrogens is 2. The Morgan fingerprint density at radius 2 is 1.20 bits per heavy atom. The molecule has 286 valence electrons. The lowest BCUT2D eigenvalue weighted by atomic mass is 10.0. The minimum absolute atomic E-state index is 0.107. The number of hydrogen-bond acceptors (Lipinski definition) is 7. The third kappa shape index (κ3) is 7.82. The van der Waals surface area contributed by atoms with Crippen molar-refractivity contribution in [3.8, 4) is 33.6 Å². The molecule has 6 rings (SSSR count). The highest BCUT2D eigenvalue weighted by molar-refractivity contribution is 5.87. The molecule has 54 heavy (non-hydrogen) atoms. The number of likely N-dealkylation sites (tertiary alicyclic amines) is 2.